The third-order valence-electron chi connectivity index (χ3n) is 4.38. The first kappa shape index (κ1) is 17.9. The molecule has 6 heteroatoms. The average molecular weight is 353 g/mol. The number of anilines is 1. The molecule has 136 valence electrons. The molecule has 2 N–H and O–H groups in total. The van der Waals surface area contributed by atoms with Gasteiger partial charge in [-0.1, -0.05) is 12.8 Å². The van der Waals surface area contributed by atoms with Gasteiger partial charge in [-0.2, -0.15) is 0 Å². The summed E-state index contributed by atoms with van der Waals surface area (Å²) in [6, 6.07) is 8.93. The van der Waals surface area contributed by atoms with E-state index in [1.807, 2.05) is 6.92 Å². The van der Waals surface area contributed by atoms with Crippen molar-refractivity contribution in [1.29, 1.82) is 0 Å². The molecule has 0 bridgehead atoms. The zero-order valence-corrected chi connectivity index (χ0v) is 14.8. The molecule has 1 aromatic heterocycles. The fraction of sp³-hybridized carbons (Fsp3) is 0.350. The van der Waals surface area contributed by atoms with Crippen molar-refractivity contribution >= 4 is 17.5 Å². The van der Waals surface area contributed by atoms with Crippen LogP contribution in [0, 0.1) is 0 Å². The molecule has 1 fully saturated rings. The first-order valence-corrected chi connectivity index (χ1v) is 8.96. The molecule has 1 heterocycles. The maximum atomic E-state index is 12.4. The van der Waals surface area contributed by atoms with Gasteiger partial charge in [-0.25, -0.2) is 0 Å². The van der Waals surface area contributed by atoms with Gasteiger partial charge in [0, 0.05) is 24.1 Å². The summed E-state index contributed by atoms with van der Waals surface area (Å²) in [6.07, 6.45) is 7.25. The molecule has 1 aromatic carbocycles. The zero-order valence-electron chi connectivity index (χ0n) is 14.8. The Hall–Kier alpha value is -2.89. The Labute approximate surface area is 153 Å². The quantitative estimate of drug-likeness (QED) is 0.834. The molecule has 0 saturated heterocycles. The summed E-state index contributed by atoms with van der Waals surface area (Å²) in [5.74, 6) is 0.259. The number of ether oxygens (including phenoxy) is 1. The van der Waals surface area contributed by atoms with Crippen molar-refractivity contribution in [2.75, 3.05) is 11.9 Å². The number of carbonyl (C=O) groups excluding carboxylic acids is 2. The smallest absolute Gasteiger partial charge is 0.257 e. The van der Waals surface area contributed by atoms with E-state index in [1.54, 1.807) is 30.3 Å². The normalized spacial score (nSPS) is 14.0. The molecule has 1 aliphatic carbocycles. The van der Waals surface area contributed by atoms with Crippen molar-refractivity contribution in [2.24, 2.45) is 0 Å². The predicted octanol–water partition coefficient (Wildman–Crippen LogP) is 3.41. The van der Waals surface area contributed by atoms with Gasteiger partial charge in [0.1, 0.15) is 5.75 Å². The molecule has 2 aromatic rings. The highest BCUT2D eigenvalue weighted by molar-refractivity contribution is 6.05. The first-order valence-electron chi connectivity index (χ1n) is 8.96. The fourth-order valence-corrected chi connectivity index (χ4v) is 3.03. The van der Waals surface area contributed by atoms with Crippen molar-refractivity contribution in [3.8, 4) is 5.75 Å². The molecule has 2 amide bonds. The van der Waals surface area contributed by atoms with E-state index >= 15 is 0 Å². The van der Waals surface area contributed by atoms with Crippen LogP contribution >= 0.6 is 0 Å². The van der Waals surface area contributed by atoms with Crippen LogP contribution in [0.4, 0.5) is 5.69 Å². The number of carbonyl (C=O) groups is 2. The number of pyridine rings is 1. The summed E-state index contributed by atoms with van der Waals surface area (Å²) in [7, 11) is 0. The van der Waals surface area contributed by atoms with Crippen LogP contribution in [0.5, 0.6) is 5.75 Å². The minimum Gasteiger partial charge on any atom is -0.494 e. The number of nitrogens with one attached hydrogen (secondary N) is 2. The summed E-state index contributed by atoms with van der Waals surface area (Å²) in [5.41, 5.74) is 1.40. The number of rotatable bonds is 6. The van der Waals surface area contributed by atoms with E-state index in [9.17, 15) is 9.59 Å². The molecule has 0 aliphatic heterocycles. The number of hydrogen-bond acceptors (Lipinski definition) is 4. The van der Waals surface area contributed by atoms with Gasteiger partial charge in [0.25, 0.3) is 11.8 Å². The Morgan fingerprint density at radius 3 is 2.38 bits per heavy atom. The number of aromatic nitrogens is 1. The molecular formula is C20H23N3O3. The van der Waals surface area contributed by atoms with Crippen molar-refractivity contribution in [1.82, 2.24) is 10.3 Å². The third kappa shape index (κ3) is 4.59. The Morgan fingerprint density at radius 1 is 1.08 bits per heavy atom. The summed E-state index contributed by atoms with van der Waals surface area (Å²) in [5, 5.41) is 5.81. The Bertz CT molecular complexity index is 768. The van der Waals surface area contributed by atoms with Crippen LogP contribution in [-0.2, 0) is 0 Å². The van der Waals surface area contributed by atoms with Crippen LogP contribution in [0.15, 0.2) is 42.7 Å². The molecule has 0 unspecified atom stereocenters. The van der Waals surface area contributed by atoms with Gasteiger partial charge >= 0.3 is 0 Å². The van der Waals surface area contributed by atoms with Gasteiger partial charge in [-0.05, 0) is 50.1 Å². The van der Waals surface area contributed by atoms with Crippen LogP contribution < -0.4 is 15.4 Å². The summed E-state index contributed by atoms with van der Waals surface area (Å²) in [6.45, 7) is 2.51. The summed E-state index contributed by atoms with van der Waals surface area (Å²) in [4.78, 5) is 28.8. The van der Waals surface area contributed by atoms with Gasteiger partial charge in [-0.3, -0.25) is 14.6 Å². The first-order chi connectivity index (χ1) is 12.7. The van der Waals surface area contributed by atoms with Crippen molar-refractivity contribution in [2.45, 2.75) is 38.6 Å². The number of amides is 2. The van der Waals surface area contributed by atoms with E-state index in [1.165, 1.54) is 12.4 Å². The highest BCUT2D eigenvalue weighted by Crippen LogP contribution is 2.19. The molecule has 6 nitrogen and oxygen atoms in total. The van der Waals surface area contributed by atoms with E-state index in [4.69, 9.17) is 4.74 Å². The van der Waals surface area contributed by atoms with Crippen molar-refractivity contribution < 1.29 is 14.3 Å². The van der Waals surface area contributed by atoms with Gasteiger partial charge in [-0.15, -0.1) is 0 Å². The number of benzene rings is 1. The SMILES string of the molecule is CCOc1ccc(NC(=O)c2cncc(C(=O)NC3CCCC3)c2)cc1. The molecule has 3 rings (SSSR count). The van der Waals surface area contributed by atoms with Crippen LogP contribution in [0.25, 0.3) is 0 Å². The van der Waals surface area contributed by atoms with E-state index in [2.05, 4.69) is 15.6 Å². The molecule has 0 spiro atoms. The lowest BCUT2D eigenvalue weighted by atomic mass is 10.1. The maximum Gasteiger partial charge on any atom is 0.257 e. The largest absolute Gasteiger partial charge is 0.494 e. The van der Waals surface area contributed by atoms with Gasteiger partial charge in [0.15, 0.2) is 0 Å². The van der Waals surface area contributed by atoms with Crippen LogP contribution in [0.2, 0.25) is 0 Å². The predicted molar refractivity (Wildman–Crippen MR) is 99.5 cm³/mol. The van der Waals surface area contributed by atoms with Crippen LogP contribution in [-0.4, -0.2) is 29.4 Å². The van der Waals surface area contributed by atoms with E-state index in [0.717, 1.165) is 31.4 Å². The lowest BCUT2D eigenvalue weighted by Gasteiger charge is -2.12. The van der Waals surface area contributed by atoms with Gasteiger partial charge < -0.3 is 15.4 Å². The Balaban J connectivity index is 1.64. The topological polar surface area (TPSA) is 80.3 Å². The lowest BCUT2D eigenvalue weighted by Crippen LogP contribution is -2.32. The Morgan fingerprint density at radius 2 is 1.73 bits per heavy atom. The van der Waals surface area contributed by atoms with Crippen LogP contribution in [0.1, 0.15) is 53.3 Å². The van der Waals surface area contributed by atoms with E-state index in [0.29, 0.717) is 23.4 Å². The zero-order chi connectivity index (χ0) is 18.4. The minimum atomic E-state index is -0.308. The molecule has 26 heavy (non-hydrogen) atoms. The molecule has 1 saturated carbocycles. The van der Waals surface area contributed by atoms with E-state index < -0.39 is 0 Å². The van der Waals surface area contributed by atoms with Gasteiger partial charge in [0.2, 0.25) is 0 Å². The highest BCUT2D eigenvalue weighted by Gasteiger charge is 2.19. The minimum absolute atomic E-state index is 0.180. The monoisotopic (exact) mass is 353 g/mol. The second-order valence-electron chi connectivity index (χ2n) is 6.33. The number of hydrogen-bond donors (Lipinski definition) is 2. The second-order valence-corrected chi connectivity index (χ2v) is 6.33. The fourth-order valence-electron chi connectivity index (χ4n) is 3.03. The molecule has 0 atom stereocenters. The molecule has 0 radical (unpaired) electrons. The lowest BCUT2D eigenvalue weighted by molar-refractivity contribution is 0.0937. The van der Waals surface area contributed by atoms with Crippen molar-refractivity contribution in [3.63, 3.8) is 0 Å². The van der Waals surface area contributed by atoms with Crippen LogP contribution in [0.3, 0.4) is 0 Å². The van der Waals surface area contributed by atoms with Gasteiger partial charge in [0.05, 0.1) is 17.7 Å². The number of nitrogens with zero attached hydrogens (tertiary/aromatic N) is 1. The summed E-state index contributed by atoms with van der Waals surface area (Å²) >= 11 is 0. The van der Waals surface area contributed by atoms with Crippen molar-refractivity contribution in [3.05, 3.63) is 53.9 Å². The highest BCUT2D eigenvalue weighted by atomic mass is 16.5. The Kier molecular flexibility index (Phi) is 5.84. The summed E-state index contributed by atoms with van der Waals surface area (Å²) < 4.78 is 5.38. The standard InChI is InChI=1S/C20H23N3O3/c1-2-26-18-9-7-17(8-10-18)23-20(25)15-11-14(12-21-13-15)19(24)22-16-5-3-4-6-16/h7-13,16H,2-6H2,1H3,(H,22,24)(H,23,25). The average Bonchev–Trinajstić information content (AvgIpc) is 3.16. The molecular weight excluding hydrogens is 330 g/mol. The molecule has 1 aliphatic rings. The third-order valence-corrected chi connectivity index (χ3v) is 4.38. The van der Waals surface area contributed by atoms with E-state index in [-0.39, 0.29) is 17.9 Å². The maximum absolute atomic E-state index is 12.4. The second kappa shape index (κ2) is 8.47.